The first-order chi connectivity index (χ1) is 10.1. The number of fused-ring (bicyclic) bond motifs is 2. The van der Waals surface area contributed by atoms with Gasteiger partial charge < -0.3 is 9.80 Å². The van der Waals surface area contributed by atoms with Gasteiger partial charge in [0.2, 0.25) is 0 Å². The highest BCUT2D eigenvalue weighted by molar-refractivity contribution is 5.93. The highest BCUT2D eigenvalue weighted by atomic mass is 16.2. The van der Waals surface area contributed by atoms with Crippen molar-refractivity contribution in [2.24, 2.45) is 0 Å². The number of aromatic nitrogens is 1. The van der Waals surface area contributed by atoms with Crippen LogP contribution in [0.2, 0.25) is 0 Å². The lowest BCUT2D eigenvalue weighted by molar-refractivity contribution is 0.0827. The smallest absolute Gasteiger partial charge is 0.254 e. The quantitative estimate of drug-likeness (QED) is 0.826. The number of hydrogen-bond donors (Lipinski definition) is 0. The van der Waals surface area contributed by atoms with Crippen molar-refractivity contribution in [3.8, 4) is 0 Å². The van der Waals surface area contributed by atoms with Gasteiger partial charge in [0.15, 0.2) is 0 Å². The zero-order valence-corrected chi connectivity index (χ0v) is 13.1. The number of nitrogens with zero attached hydrogens (tertiary/aromatic N) is 4. The highest BCUT2D eigenvalue weighted by Crippen LogP contribution is 2.30. The monoisotopic (exact) mass is 288 g/mol. The second-order valence-corrected chi connectivity index (χ2v) is 6.39. The summed E-state index contributed by atoms with van der Waals surface area (Å²) in [6.07, 6.45) is 5.52. The van der Waals surface area contributed by atoms with Crippen LogP contribution in [0.1, 0.15) is 29.6 Å². The second-order valence-electron chi connectivity index (χ2n) is 6.39. The molecule has 2 aliphatic heterocycles. The molecule has 2 bridgehead atoms. The molecule has 1 amide bonds. The summed E-state index contributed by atoms with van der Waals surface area (Å²) >= 11 is 0. The largest absolute Gasteiger partial charge is 0.355 e. The van der Waals surface area contributed by atoms with E-state index in [2.05, 4.69) is 21.8 Å². The van der Waals surface area contributed by atoms with Gasteiger partial charge in [-0.2, -0.15) is 0 Å². The maximum absolute atomic E-state index is 11.9. The molecular weight excluding hydrogens is 264 g/mol. The van der Waals surface area contributed by atoms with Crippen LogP contribution in [0.3, 0.4) is 0 Å². The Morgan fingerprint density at radius 2 is 2.00 bits per heavy atom. The summed E-state index contributed by atoms with van der Waals surface area (Å²) in [5, 5.41) is 0. The predicted molar refractivity (Wildman–Crippen MR) is 83.7 cm³/mol. The van der Waals surface area contributed by atoms with Crippen LogP contribution in [-0.4, -0.2) is 67.0 Å². The van der Waals surface area contributed by atoms with Crippen LogP contribution in [-0.2, 0) is 0 Å². The maximum atomic E-state index is 11.9. The van der Waals surface area contributed by atoms with Crippen molar-refractivity contribution in [2.75, 3.05) is 39.1 Å². The molecular formula is C16H24N4O. The molecule has 114 valence electrons. The molecule has 0 radical (unpaired) electrons. The van der Waals surface area contributed by atoms with E-state index in [1.165, 1.54) is 19.3 Å². The third kappa shape index (κ3) is 2.75. The summed E-state index contributed by atoms with van der Waals surface area (Å²) in [5.41, 5.74) is 0.650. The van der Waals surface area contributed by atoms with E-state index in [1.54, 1.807) is 25.2 Å². The van der Waals surface area contributed by atoms with Crippen molar-refractivity contribution in [3.05, 3.63) is 23.9 Å². The number of pyridine rings is 1. The molecule has 0 saturated carbocycles. The van der Waals surface area contributed by atoms with E-state index in [9.17, 15) is 4.79 Å². The van der Waals surface area contributed by atoms with Crippen LogP contribution in [0.5, 0.6) is 0 Å². The Balaban J connectivity index is 1.74. The van der Waals surface area contributed by atoms with Crippen LogP contribution in [0.25, 0.3) is 0 Å². The summed E-state index contributed by atoms with van der Waals surface area (Å²) in [6.45, 7) is 2.10. The maximum Gasteiger partial charge on any atom is 0.254 e. The molecule has 0 unspecified atom stereocenters. The van der Waals surface area contributed by atoms with E-state index in [0.29, 0.717) is 11.6 Å². The first kappa shape index (κ1) is 14.3. The third-order valence-electron chi connectivity index (χ3n) is 4.87. The Hall–Kier alpha value is -1.62. The summed E-state index contributed by atoms with van der Waals surface area (Å²) in [5.74, 6) is 0.995. The summed E-state index contributed by atoms with van der Waals surface area (Å²) < 4.78 is 0. The minimum Gasteiger partial charge on any atom is -0.355 e. The predicted octanol–water partition coefficient (Wildman–Crippen LogP) is 1.46. The molecule has 0 aliphatic carbocycles. The number of amides is 1. The Labute approximate surface area is 126 Å². The summed E-state index contributed by atoms with van der Waals surface area (Å²) in [4.78, 5) is 22.9. The van der Waals surface area contributed by atoms with Crippen molar-refractivity contribution in [1.82, 2.24) is 14.8 Å². The van der Waals surface area contributed by atoms with Crippen molar-refractivity contribution < 1.29 is 4.79 Å². The van der Waals surface area contributed by atoms with Gasteiger partial charge in [0.25, 0.3) is 5.91 Å². The van der Waals surface area contributed by atoms with Crippen molar-refractivity contribution >= 4 is 11.7 Å². The molecule has 3 heterocycles. The van der Waals surface area contributed by atoms with E-state index in [0.717, 1.165) is 24.9 Å². The van der Waals surface area contributed by atoms with E-state index in [-0.39, 0.29) is 5.91 Å². The van der Waals surface area contributed by atoms with Gasteiger partial charge in [-0.3, -0.25) is 9.69 Å². The van der Waals surface area contributed by atoms with Crippen molar-refractivity contribution in [3.63, 3.8) is 0 Å². The lowest BCUT2D eigenvalue weighted by Crippen LogP contribution is -2.37. The second kappa shape index (κ2) is 5.64. The van der Waals surface area contributed by atoms with Crippen molar-refractivity contribution in [1.29, 1.82) is 0 Å². The van der Waals surface area contributed by atoms with Crippen LogP contribution >= 0.6 is 0 Å². The van der Waals surface area contributed by atoms with Crippen LogP contribution in [0, 0.1) is 0 Å². The molecule has 0 N–H and O–H groups in total. The molecule has 2 fully saturated rings. The molecule has 1 aromatic heterocycles. The molecule has 0 spiro atoms. The fourth-order valence-electron chi connectivity index (χ4n) is 3.47. The Morgan fingerprint density at radius 3 is 2.67 bits per heavy atom. The molecule has 21 heavy (non-hydrogen) atoms. The molecule has 2 saturated heterocycles. The van der Waals surface area contributed by atoms with Gasteiger partial charge >= 0.3 is 0 Å². The van der Waals surface area contributed by atoms with Gasteiger partial charge in [0.1, 0.15) is 5.82 Å². The lowest BCUT2D eigenvalue weighted by atomic mass is 10.1. The van der Waals surface area contributed by atoms with Gasteiger partial charge in [-0.1, -0.05) is 0 Å². The van der Waals surface area contributed by atoms with Crippen molar-refractivity contribution in [2.45, 2.75) is 31.3 Å². The highest BCUT2D eigenvalue weighted by Gasteiger charge is 2.34. The van der Waals surface area contributed by atoms with Crippen LogP contribution in [0.4, 0.5) is 5.82 Å². The fraction of sp³-hybridized carbons (Fsp3) is 0.625. The first-order valence-corrected chi connectivity index (χ1v) is 7.71. The number of rotatable bonds is 2. The number of carbonyl (C=O) groups excluding carboxylic acids is 1. The Kier molecular flexibility index (Phi) is 3.85. The minimum absolute atomic E-state index is 0.00343. The SMILES string of the molecule is CN(C)C(=O)c1ccc(N2CC[C@H]3CC[C@@H](C2)N3C)nc1. The zero-order valence-electron chi connectivity index (χ0n) is 13.1. The standard InChI is InChI=1S/C16H24N4O/c1-18(2)16(21)12-4-7-15(17-10-12)20-9-8-13-5-6-14(11-20)19(13)3/h4,7,10,13-14H,5-6,8-9,11H2,1-3H3/t13-,14+/m1/s1. The zero-order chi connectivity index (χ0) is 15.0. The van der Waals surface area contributed by atoms with E-state index in [1.807, 2.05) is 12.1 Å². The average molecular weight is 288 g/mol. The Bertz CT molecular complexity index is 514. The fourth-order valence-corrected chi connectivity index (χ4v) is 3.47. The molecule has 3 rings (SSSR count). The normalized spacial score (nSPS) is 25.8. The molecule has 0 aromatic carbocycles. The topological polar surface area (TPSA) is 39.7 Å². The van der Waals surface area contributed by atoms with Gasteiger partial charge in [-0.25, -0.2) is 4.98 Å². The van der Waals surface area contributed by atoms with Gasteiger partial charge in [-0.05, 0) is 38.4 Å². The van der Waals surface area contributed by atoms with Crippen LogP contribution < -0.4 is 4.90 Å². The summed E-state index contributed by atoms with van der Waals surface area (Å²) in [6, 6.07) is 5.24. The van der Waals surface area contributed by atoms with E-state index >= 15 is 0 Å². The minimum atomic E-state index is 0.00343. The van der Waals surface area contributed by atoms with E-state index < -0.39 is 0 Å². The molecule has 2 aliphatic rings. The number of hydrogen-bond acceptors (Lipinski definition) is 4. The third-order valence-corrected chi connectivity index (χ3v) is 4.87. The Morgan fingerprint density at radius 1 is 1.24 bits per heavy atom. The lowest BCUT2D eigenvalue weighted by Gasteiger charge is -2.26. The van der Waals surface area contributed by atoms with E-state index in [4.69, 9.17) is 0 Å². The number of anilines is 1. The molecule has 1 aromatic rings. The molecule has 5 heteroatoms. The van der Waals surface area contributed by atoms with Crippen LogP contribution in [0.15, 0.2) is 18.3 Å². The summed E-state index contributed by atoms with van der Waals surface area (Å²) in [7, 11) is 5.77. The van der Waals surface area contributed by atoms with Gasteiger partial charge in [0.05, 0.1) is 5.56 Å². The molecule has 2 atom stereocenters. The number of carbonyl (C=O) groups is 1. The molecule has 5 nitrogen and oxygen atoms in total. The first-order valence-electron chi connectivity index (χ1n) is 7.71. The van der Waals surface area contributed by atoms with Gasteiger partial charge in [0, 0.05) is 45.5 Å². The number of likely N-dealkylation sites (N-methyl/N-ethyl adjacent to an activating group) is 1. The van der Waals surface area contributed by atoms with Gasteiger partial charge in [-0.15, -0.1) is 0 Å². The average Bonchev–Trinajstić information content (AvgIpc) is 2.71.